The van der Waals surface area contributed by atoms with Crippen LogP contribution in [0.25, 0.3) is 0 Å². The number of unbranched alkanes of at least 4 members (excludes halogenated alkanes) is 22. The summed E-state index contributed by atoms with van der Waals surface area (Å²) in [6.07, 6.45) is 57.2. The largest absolute Gasteiger partial charge is 0.472 e. The van der Waals surface area contributed by atoms with Gasteiger partial charge in [0.25, 0.3) is 0 Å². The van der Waals surface area contributed by atoms with Gasteiger partial charge in [0.05, 0.1) is 19.8 Å². The quantitative estimate of drug-likeness (QED) is 0.0197. The van der Waals surface area contributed by atoms with Crippen LogP contribution in [0.4, 0.5) is 0 Å². The Kier molecular flexibility index (Phi) is 50.0. The van der Waals surface area contributed by atoms with Gasteiger partial charge < -0.3 is 24.2 Å². The molecule has 0 amide bonds. The first-order chi connectivity index (χ1) is 34.2. The molecule has 3 atom stereocenters. The summed E-state index contributed by atoms with van der Waals surface area (Å²) in [5.41, 5.74) is 0. The molecule has 404 valence electrons. The number of aliphatic hydroxyl groups is 1. The molecule has 12 heteroatoms. The van der Waals surface area contributed by atoms with E-state index in [0.717, 1.165) is 128 Å². The summed E-state index contributed by atoms with van der Waals surface area (Å²) in [5, 5.41) is 9.80. The summed E-state index contributed by atoms with van der Waals surface area (Å²) in [4.78, 5) is 48.4. The van der Waals surface area contributed by atoms with Gasteiger partial charge in [-0.15, -0.1) is 0 Å². The standard InChI is InChI=1S/C58H101O11P/c1-4-7-10-13-16-19-21-23-25-27-29-31-33-36-39-42-45-48-57(61)68-54(50-59)52-66-70(63,64)67-53-55(51-65-56(60)47-44-41-38-35-18-15-12-9-6-3)69-58(62)49-46-43-40-37-34-32-30-28-26-24-22-20-17-14-11-8-5-2/h7-8,10-11,16-17,19-20,23-26,54-55,59H,4-6,9,12-15,18,21-22,27-53H2,1-3H3,(H,63,64)/b10-7-,11-8-,19-16-,20-17-,25-23-,26-24-. The molecule has 3 unspecified atom stereocenters. The van der Waals surface area contributed by atoms with Crippen LogP contribution in [0, 0.1) is 0 Å². The Morgan fingerprint density at radius 2 is 0.743 bits per heavy atom. The van der Waals surface area contributed by atoms with Gasteiger partial charge in [-0.05, 0) is 83.5 Å². The van der Waals surface area contributed by atoms with Gasteiger partial charge in [0.2, 0.25) is 0 Å². The summed E-state index contributed by atoms with van der Waals surface area (Å²) >= 11 is 0. The number of phosphoric acid groups is 1. The third-order valence-corrected chi connectivity index (χ3v) is 12.6. The van der Waals surface area contributed by atoms with E-state index in [0.29, 0.717) is 19.3 Å². The Morgan fingerprint density at radius 3 is 1.14 bits per heavy atom. The topological polar surface area (TPSA) is 155 Å². The number of hydrogen-bond acceptors (Lipinski definition) is 10. The van der Waals surface area contributed by atoms with Gasteiger partial charge in [-0.2, -0.15) is 0 Å². The highest BCUT2D eigenvalue weighted by atomic mass is 31.2. The van der Waals surface area contributed by atoms with Gasteiger partial charge >= 0.3 is 25.7 Å². The van der Waals surface area contributed by atoms with Crippen molar-refractivity contribution in [1.29, 1.82) is 0 Å². The monoisotopic (exact) mass is 1000 g/mol. The van der Waals surface area contributed by atoms with Gasteiger partial charge in [-0.1, -0.05) is 209 Å². The second-order valence-electron chi connectivity index (χ2n) is 18.3. The van der Waals surface area contributed by atoms with E-state index in [1.165, 1.54) is 51.4 Å². The highest BCUT2D eigenvalue weighted by molar-refractivity contribution is 7.47. The van der Waals surface area contributed by atoms with E-state index < -0.39 is 57.8 Å². The average molecular weight is 1010 g/mol. The van der Waals surface area contributed by atoms with Gasteiger partial charge in [0.1, 0.15) is 12.7 Å². The lowest BCUT2D eigenvalue weighted by Crippen LogP contribution is -2.30. The molecule has 0 aliphatic rings. The molecular formula is C58H101O11P. The van der Waals surface area contributed by atoms with Crippen LogP contribution < -0.4 is 0 Å². The lowest BCUT2D eigenvalue weighted by molar-refractivity contribution is -0.161. The third-order valence-electron chi connectivity index (χ3n) is 11.6. The molecule has 0 aliphatic heterocycles. The smallest absolute Gasteiger partial charge is 0.462 e. The molecule has 0 fully saturated rings. The summed E-state index contributed by atoms with van der Waals surface area (Å²) in [6, 6.07) is 0. The molecule has 2 N–H and O–H groups in total. The maximum atomic E-state index is 12.9. The minimum Gasteiger partial charge on any atom is -0.462 e. The second kappa shape index (κ2) is 52.2. The minimum atomic E-state index is -4.75. The number of carbonyl (C=O) groups is 3. The zero-order chi connectivity index (χ0) is 51.3. The van der Waals surface area contributed by atoms with Crippen molar-refractivity contribution in [3.05, 3.63) is 72.9 Å². The maximum absolute atomic E-state index is 12.9. The molecule has 0 rings (SSSR count). The molecule has 0 spiro atoms. The fourth-order valence-electron chi connectivity index (χ4n) is 7.44. The lowest BCUT2D eigenvalue weighted by Gasteiger charge is -2.21. The van der Waals surface area contributed by atoms with Gasteiger partial charge in [0, 0.05) is 19.3 Å². The molecule has 0 radical (unpaired) electrons. The summed E-state index contributed by atoms with van der Waals surface area (Å²) in [7, 11) is -4.75. The maximum Gasteiger partial charge on any atom is 0.472 e. The van der Waals surface area contributed by atoms with Gasteiger partial charge in [-0.3, -0.25) is 23.4 Å². The lowest BCUT2D eigenvalue weighted by atomic mass is 10.1. The van der Waals surface area contributed by atoms with Gasteiger partial charge in [0.15, 0.2) is 6.10 Å². The van der Waals surface area contributed by atoms with E-state index in [9.17, 15) is 28.9 Å². The van der Waals surface area contributed by atoms with Crippen molar-refractivity contribution in [3.63, 3.8) is 0 Å². The van der Waals surface area contributed by atoms with E-state index in [2.05, 4.69) is 93.7 Å². The number of esters is 3. The Morgan fingerprint density at radius 1 is 0.414 bits per heavy atom. The first-order valence-electron chi connectivity index (χ1n) is 27.8. The van der Waals surface area contributed by atoms with E-state index in [-0.39, 0.29) is 25.9 Å². The number of allylic oxidation sites excluding steroid dienone is 12. The van der Waals surface area contributed by atoms with Crippen molar-refractivity contribution < 1.29 is 52.2 Å². The fourth-order valence-corrected chi connectivity index (χ4v) is 8.23. The highest BCUT2D eigenvalue weighted by Crippen LogP contribution is 2.43. The number of aliphatic hydroxyl groups excluding tert-OH is 1. The summed E-state index contributed by atoms with van der Waals surface area (Å²) in [6.45, 7) is 4.38. The van der Waals surface area contributed by atoms with Crippen LogP contribution in [0.3, 0.4) is 0 Å². The molecule has 0 saturated carbocycles. The van der Waals surface area contributed by atoms with Crippen molar-refractivity contribution in [2.75, 3.05) is 26.4 Å². The van der Waals surface area contributed by atoms with Crippen LogP contribution >= 0.6 is 7.82 Å². The normalized spacial score (nSPS) is 14.0. The predicted molar refractivity (Wildman–Crippen MR) is 288 cm³/mol. The molecular weight excluding hydrogens is 904 g/mol. The van der Waals surface area contributed by atoms with Crippen molar-refractivity contribution in [3.8, 4) is 0 Å². The van der Waals surface area contributed by atoms with Crippen molar-refractivity contribution in [2.45, 2.75) is 251 Å². The van der Waals surface area contributed by atoms with Crippen molar-refractivity contribution >= 4 is 25.7 Å². The van der Waals surface area contributed by atoms with Crippen molar-refractivity contribution in [2.24, 2.45) is 0 Å². The number of carbonyl (C=O) groups excluding carboxylic acids is 3. The van der Waals surface area contributed by atoms with E-state index in [4.69, 9.17) is 23.3 Å². The van der Waals surface area contributed by atoms with Crippen LogP contribution in [0.1, 0.15) is 239 Å². The zero-order valence-corrected chi connectivity index (χ0v) is 45.4. The molecule has 0 aromatic heterocycles. The fraction of sp³-hybridized carbons (Fsp3) is 0.741. The summed E-state index contributed by atoms with van der Waals surface area (Å²) in [5.74, 6) is -1.48. The van der Waals surface area contributed by atoms with Crippen LogP contribution in [-0.2, 0) is 42.2 Å². The first-order valence-corrected chi connectivity index (χ1v) is 29.3. The minimum absolute atomic E-state index is 0.155. The molecule has 0 bridgehead atoms. The number of ether oxygens (including phenoxy) is 3. The predicted octanol–water partition coefficient (Wildman–Crippen LogP) is 16.1. The number of hydrogen-bond donors (Lipinski definition) is 2. The van der Waals surface area contributed by atoms with E-state index in [1.807, 2.05) is 0 Å². The molecule has 0 aromatic rings. The molecule has 11 nitrogen and oxygen atoms in total. The molecule has 0 saturated heterocycles. The first kappa shape index (κ1) is 66.9. The van der Waals surface area contributed by atoms with Crippen LogP contribution in [-0.4, -0.2) is 66.5 Å². The third kappa shape index (κ3) is 49.9. The SMILES string of the molecule is CC/C=C\C/C=C\C/C=C\CCCCCCCCCC(=O)OC(CO)COP(=O)(O)OCC(COC(=O)CCCCCCCCCCC)OC(=O)CCCCCCCCC/C=C\C/C=C\C/C=C\CC. The number of phosphoric ester groups is 1. The Balaban J connectivity index is 4.65. The van der Waals surface area contributed by atoms with Crippen molar-refractivity contribution in [1.82, 2.24) is 0 Å². The van der Waals surface area contributed by atoms with Gasteiger partial charge in [-0.25, -0.2) is 4.57 Å². The molecule has 0 aliphatic carbocycles. The average Bonchev–Trinajstić information content (AvgIpc) is 3.35. The zero-order valence-electron chi connectivity index (χ0n) is 44.5. The number of rotatable bonds is 51. The van der Waals surface area contributed by atoms with Crippen LogP contribution in [0.15, 0.2) is 72.9 Å². The Labute approximate surface area is 427 Å². The summed E-state index contributed by atoms with van der Waals surface area (Å²) < 4.78 is 39.4. The van der Waals surface area contributed by atoms with Crippen LogP contribution in [0.2, 0.25) is 0 Å². The molecule has 70 heavy (non-hydrogen) atoms. The van der Waals surface area contributed by atoms with E-state index in [1.54, 1.807) is 0 Å². The Bertz CT molecular complexity index is 1450. The Hall–Kier alpha value is -3.08. The second-order valence-corrected chi connectivity index (χ2v) is 19.8. The van der Waals surface area contributed by atoms with Crippen LogP contribution in [0.5, 0.6) is 0 Å². The highest BCUT2D eigenvalue weighted by Gasteiger charge is 2.28. The van der Waals surface area contributed by atoms with E-state index >= 15 is 0 Å². The molecule has 0 aromatic carbocycles. The molecule has 0 heterocycles.